The standard InChI is InChI=1S/C29H32Cl2N2O2S/c1-21(2)19-32-29(35)27(17-22-9-5-3-6-10-22)33(20-23-13-14-24(30)18-26(23)31)28(34)15-16-36-25-11-7-4-8-12-25/h3-14,18,21,27H,15-17,19-20H2,1-2H3,(H,32,35)/t27-/m0/s1. The molecular formula is C29H32Cl2N2O2S. The molecule has 0 fully saturated rings. The number of amides is 2. The van der Waals surface area contributed by atoms with Crippen LogP contribution in [0.3, 0.4) is 0 Å². The number of nitrogens with zero attached hydrogens (tertiary/aromatic N) is 1. The van der Waals surface area contributed by atoms with Crippen molar-refractivity contribution in [2.24, 2.45) is 5.92 Å². The third-order valence-electron chi connectivity index (χ3n) is 5.64. The SMILES string of the molecule is CC(C)CNC(=O)[C@H](Cc1ccccc1)N(Cc1ccc(Cl)cc1Cl)C(=O)CCSc1ccccc1. The van der Waals surface area contributed by atoms with Crippen LogP contribution in [0.1, 0.15) is 31.4 Å². The molecule has 7 heteroatoms. The summed E-state index contributed by atoms with van der Waals surface area (Å²) in [5.41, 5.74) is 1.74. The van der Waals surface area contributed by atoms with E-state index in [4.69, 9.17) is 23.2 Å². The zero-order valence-electron chi connectivity index (χ0n) is 20.6. The Kier molecular flexibility index (Phi) is 11.2. The second-order valence-corrected chi connectivity index (χ2v) is 11.0. The normalized spacial score (nSPS) is 11.8. The van der Waals surface area contributed by atoms with Gasteiger partial charge in [0.05, 0.1) is 0 Å². The molecule has 36 heavy (non-hydrogen) atoms. The average Bonchev–Trinajstić information content (AvgIpc) is 2.87. The minimum absolute atomic E-state index is 0.0925. The molecule has 0 spiro atoms. The largest absolute Gasteiger partial charge is 0.354 e. The van der Waals surface area contributed by atoms with Crippen molar-refractivity contribution >= 4 is 46.8 Å². The Bertz CT molecular complexity index is 1130. The number of thioether (sulfide) groups is 1. The molecule has 3 aromatic rings. The summed E-state index contributed by atoms with van der Waals surface area (Å²) in [6, 6.07) is 24.3. The van der Waals surface area contributed by atoms with Gasteiger partial charge >= 0.3 is 0 Å². The number of hydrogen-bond acceptors (Lipinski definition) is 3. The predicted octanol–water partition coefficient (Wildman–Crippen LogP) is 6.89. The Morgan fingerprint density at radius 1 is 0.944 bits per heavy atom. The van der Waals surface area contributed by atoms with Gasteiger partial charge in [0.15, 0.2) is 0 Å². The van der Waals surface area contributed by atoms with E-state index in [-0.39, 0.29) is 18.4 Å². The van der Waals surface area contributed by atoms with Crippen LogP contribution in [0.25, 0.3) is 0 Å². The first-order valence-electron chi connectivity index (χ1n) is 12.1. The number of benzene rings is 3. The van der Waals surface area contributed by atoms with Crippen LogP contribution in [-0.2, 0) is 22.6 Å². The molecule has 3 aromatic carbocycles. The van der Waals surface area contributed by atoms with Gasteiger partial charge in [0.2, 0.25) is 11.8 Å². The molecule has 0 aromatic heterocycles. The molecule has 190 valence electrons. The van der Waals surface area contributed by atoms with Gasteiger partial charge in [-0.2, -0.15) is 0 Å². The van der Waals surface area contributed by atoms with Crippen molar-refractivity contribution in [3.63, 3.8) is 0 Å². The molecule has 0 aliphatic heterocycles. The van der Waals surface area contributed by atoms with Crippen LogP contribution in [0.4, 0.5) is 0 Å². The van der Waals surface area contributed by atoms with Crippen LogP contribution < -0.4 is 5.32 Å². The average molecular weight is 544 g/mol. The Morgan fingerprint density at radius 2 is 1.61 bits per heavy atom. The van der Waals surface area contributed by atoms with Gasteiger partial charge in [-0.25, -0.2) is 0 Å². The van der Waals surface area contributed by atoms with Gasteiger partial charge in [-0.15, -0.1) is 11.8 Å². The minimum Gasteiger partial charge on any atom is -0.354 e. The Labute approximate surface area is 228 Å². The number of carbonyl (C=O) groups excluding carboxylic acids is 2. The summed E-state index contributed by atoms with van der Waals surface area (Å²) in [6.45, 7) is 4.85. The summed E-state index contributed by atoms with van der Waals surface area (Å²) in [5, 5.41) is 4.03. The van der Waals surface area contributed by atoms with Crippen molar-refractivity contribution in [2.75, 3.05) is 12.3 Å². The number of hydrogen-bond donors (Lipinski definition) is 1. The van der Waals surface area contributed by atoms with Gasteiger partial charge in [-0.1, -0.05) is 91.6 Å². The van der Waals surface area contributed by atoms with E-state index in [0.29, 0.717) is 41.1 Å². The van der Waals surface area contributed by atoms with Crippen LogP contribution in [0, 0.1) is 5.92 Å². The minimum atomic E-state index is -0.674. The predicted molar refractivity (Wildman–Crippen MR) is 151 cm³/mol. The Hall–Kier alpha value is -2.47. The summed E-state index contributed by atoms with van der Waals surface area (Å²) in [5.74, 6) is 0.648. The molecular weight excluding hydrogens is 511 g/mol. The first-order chi connectivity index (χ1) is 17.3. The lowest BCUT2D eigenvalue weighted by molar-refractivity contribution is -0.141. The molecule has 4 nitrogen and oxygen atoms in total. The van der Waals surface area contributed by atoms with E-state index in [9.17, 15) is 9.59 Å². The van der Waals surface area contributed by atoms with E-state index in [0.717, 1.165) is 16.0 Å². The van der Waals surface area contributed by atoms with Gasteiger partial charge in [0, 0.05) is 46.6 Å². The Balaban J connectivity index is 1.87. The van der Waals surface area contributed by atoms with Crippen LogP contribution in [0.15, 0.2) is 83.8 Å². The van der Waals surface area contributed by atoms with E-state index in [1.54, 1.807) is 28.8 Å². The van der Waals surface area contributed by atoms with Crippen molar-refractivity contribution in [2.45, 2.75) is 44.2 Å². The molecule has 0 aliphatic rings. The molecule has 0 radical (unpaired) electrons. The number of rotatable bonds is 12. The Morgan fingerprint density at radius 3 is 2.25 bits per heavy atom. The smallest absolute Gasteiger partial charge is 0.243 e. The fourth-order valence-corrected chi connectivity index (χ4v) is 5.06. The van der Waals surface area contributed by atoms with Crippen molar-refractivity contribution in [1.29, 1.82) is 0 Å². The highest BCUT2D eigenvalue weighted by atomic mass is 35.5. The van der Waals surface area contributed by atoms with Gasteiger partial charge in [-0.3, -0.25) is 9.59 Å². The zero-order chi connectivity index (χ0) is 25.9. The van der Waals surface area contributed by atoms with E-state index in [2.05, 4.69) is 5.32 Å². The number of carbonyl (C=O) groups is 2. The molecule has 0 unspecified atom stereocenters. The van der Waals surface area contributed by atoms with Gasteiger partial charge in [0.1, 0.15) is 6.04 Å². The van der Waals surface area contributed by atoms with Gasteiger partial charge < -0.3 is 10.2 Å². The maximum absolute atomic E-state index is 13.7. The van der Waals surface area contributed by atoms with Crippen molar-refractivity contribution in [3.8, 4) is 0 Å². The fraction of sp³-hybridized carbons (Fsp3) is 0.310. The van der Waals surface area contributed by atoms with Gasteiger partial charge in [-0.05, 0) is 41.3 Å². The van der Waals surface area contributed by atoms with E-state index >= 15 is 0 Å². The highest BCUT2D eigenvalue weighted by Crippen LogP contribution is 2.25. The summed E-state index contributed by atoms with van der Waals surface area (Å²) in [6.07, 6.45) is 0.709. The molecule has 1 N–H and O–H groups in total. The summed E-state index contributed by atoms with van der Waals surface area (Å²) in [7, 11) is 0. The molecule has 0 heterocycles. The summed E-state index contributed by atoms with van der Waals surface area (Å²) >= 11 is 14.2. The lowest BCUT2D eigenvalue weighted by atomic mass is 10.0. The molecule has 3 rings (SSSR count). The topological polar surface area (TPSA) is 49.4 Å². The van der Waals surface area contributed by atoms with Crippen molar-refractivity contribution in [1.82, 2.24) is 10.2 Å². The van der Waals surface area contributed by atoms with E-state index in [1.165, 1.54) is 0 Å². The van der Waals surface area contributed by atoms with Crippen LogP contribution >= 0.6 is 35.0 Å². The first kappa shape index (κ1) is 28.1. The second kappa shape index (κ2) is 14.3. The highest BCUT2D eigenvalue weighted by Gasteiger charge is 2.30. The third-order valence-corrected chi connectivity index (χ3v) is 7.24. The third kappa shape index (κ3) is 8.88. The summed E-state index contributed by atoms with van der Waals surface area (Å²) < 4.78 is 0. The maximum atomic E-state index is 13.7. The lowest BCUT2D eigenvalue weighted by Gasteiger charge is -2.32. The second-order valence-electron chi connectivity index (χ2n) is 9.01. The van der Waals surface area contributed by atoms with Crippen LogP contribution in [0.5, 0.6) is 0 Å². The van der Waals surface area contributed by atoms with E-state index in [1.807, 2.05) is 80.6 Å². The molecule has 0 saturated carbocycles. The van der Waals surface area contributed by atoms with E-state index < -0.39 is 6.04 Å². The zero-order valence-corrected chi connectivity index (χ0v) is 23.0. The highest BCUT2D eigenvalue weighted by molar-refractivity contribution is 7.99. The number of nitrogens with one attached hydrogen (secondary N) is 1. The monoisotopic (exact) mass is 542 g/mol. The van der Waals surface area contributed by atoms with Crippen molar-refractivity contribution < 1.29 is 9.59 Å². The quantitative estimate of drug-likeness (QED) is 0.253. The van der Waals surface area contributed by atoms with Crippen LogP contribution in [0.2, 0.25) is 10.0 Å². The molecule has 0 saturated heterocycles. The molecule has 0 bridgehead atoms. The molecule has 2 amide bonds. The molecule has 1 atom stereocenters. The molecule has 0 aliphatic carbocycles. The van der Waals surface area contributed by atoms with Crippen LogP contribution in [-0.4, -0.2) is 35.1 Å². The maximum Gasteiger partial charge on any atom is 0.243 e. The first-order valence-corrected chi connectivity index (χ1v) is 13.8. The summed E-state index contributed by atoms with van der Waals surface area (Å²) in [4.78, 5) is 29.9. The lowest BCUT2D eigenvalue weighted by Crippen LogP contribution is -2.51. The fourth-order valence-electron chi connectivity index (χ4n) is 3.73. The van der Waals surface area contributed by atoms with Gasteiger partial charge in [0.25, 0.3) is 0 Å². The number of halogens is 2. The van der Waals surface area contributed by atoms with Crippen molar-refractivity contribution in [3.05, 3.63) is 100 Å².